The summed E-state index contributed by atoms with van der Waals surface area (Å²) < 4.78 is 0. The van der Waals surface area contributed by atoms with Crippen molar-refractivity contribution in [2.75, 3.05) is 13.6 Å². The Kier molecular flexibility index (Phi) is 4.64. The molecule has 0 saturated heterocycles. The summed E-state index contributed by atoms with van der Waals surface area (Å²) >= 11 is 0. The third kappa shape index (κ3) is 3.24. The van der Waals surface area contributed by atoms with E-state index in [9.17, 15) is 10.2 Å². The van der Waals surface area contributed by atoms with E-state index in [1.165, 1.54) is 0 Å². The molecule has 0 fully saturated rings. The van der Waals surface area contributed by atoms with Crippen LogP contribution in [0.2, 0.25) is 0 Å². The lowest BCUT2D eigenvalue weighted by Crippen LogP contribution is -2.30. The number of aliphatic hydroxyl groups excluding tert-OH is 3. The van der Waals surface area contributed by atoms with Gasteiger partial charge >= 0.3 is 0 Å². The van der Waals surface area contributed by atoms with Crippen molar-refractivity contribution in [3.05, 3.63) is 29.6 Å². The van der Waals surface area contributed by atoms with Crippen LogP contribution in [0.5, 0.6) is 0 Å². The van der Waals surface area contributed by atoms with Crippen molar-refractivity contribution in [2.24, 2.45) is 0 Å². The normalized spacial score (nSPS) is 14.9. The maximum atomic E-state index is 9.71. The Morgan fingerprint density at radius 1 is 1.40 bits per heavy atom. The van der Waals surface area contributed by atoms with Crippen LogP contribution in [-0.4, -0.2) is 40.0 Å². The quantitative estimate of drug-likeness (QED) is 0.513. The van der Waals surface area contributed by atoms with Crippen molar-refractivity contribution in [2.45, 2.75) is 18.8 Å². The molecule has 0 aliphatic heterocycles. The molecule has 5 heteroatoms. The van der Waals surface area contributed by atoms with Gasteiger partial charge in [0, 0.05) is 6.54 Å². The molecule has 0 saturated carbocycles. The van der Waals surface area contributed by atoms with Crippen LogP contribution < -0.4 is 5.32 Å². The van der Waals surface area contributed by atoms with Gasteiger partial charge in [-0.25, -0.2) is 0 Å². The van der Waals surface area contributed by atoms with E-state index in [4.69, 9.17) is 5.11 Å². The monoisotopic (exact) mass is 212 g/mol. The number of likely N-dealkylation sites (N-methyl/N-ethyl adjacent to an activating group) is 1. The van der Waals surface area contributed by atoms with Gasteiger partial charge in [0.15, 0.2) is 0 Å². The number of aliphatic hydroxyl groups is 3. The first kappa shape index (κ1) is 12.1. The highest BCUT2D eigenvalue weighted by Crippen LogP contribution is 2.14. The number of nitrogens with one attached hydrogen (secondary N) is 1. The highest BCUT2D eigenvalue weighted by atomic mass is 16.3. The molecule has 5 nitrogen and oxygen atoms in total. The predicted octanol–water partition coefficient (Wildman–Crippen LogP) is -0.812. The Morgan fingerprint density at radius 3 is 2.73 bits per heavy atom. The first-order chi connectivity index (χ1) is 7.19. The van der Waals surface area contributed by atoms with Crippen LogP contribution in [0.15, 0.2) is 18.2 Å². The smallest absolute Gasteiger partial charge is 0.123 e. The Balaban J connectivity index is 2.76. The minimum absolute atomic E-state index is 0.178. The van der Waals surface area contributed by atoms with Gasteiger partial charge in [-0.3, -0.25) is 4.98 Å². The zero-order valence-electron chi connectivity index (χ0n) is 8.59. The van der Waals surface area contributed by atoms with Gasteiger partial charge in [0.25, 0.3) is 0 Å². The molecule has 0 radical (unpaired) electrons. The summed E-state index contributed by atoms with van der Waals surface area (Å²) in [6.07, 6.45) is -1.94. The zero-order valence-corrected chi connectivity index (χ0v) is 8.59. The second kappa shape index (κ2) is 5.77. The summed E-state index contributed by atoms with van der Waals surface area (Å²) in [4.78, 5) is 4.01. The number of nitrogens with zero attached hydrogens (tertiary/aromatic N) is 1. The molecule has 0 aromatic carbocycles. The number of hydrogen-bond acceptors (Lipinski definition) is 5. The fraction of sp³-hybridized carbons (Fsp3) is 0.500. The second-order valence-electron chi connectivity index (χ2n) is 3.28. The van der Waals surface area contributed by atoms with Gasteiger partial charge < -0.3 is 20.6 Å². The average molecular weight is 212 g/mol. The van der Waals surface area contributed by atoms with Crippen molar-refractivity contribution in [3.63, 3.8) is 0 Å². The maximum absolute atomic E-state index is 9.71. The van der Waals surface area contributed by atoms with Gasteiger partial charge in [0.05, 0.1) is 24.1 Å². The highest BCUT2D eigenvalue weighted by molar-refractivity contribution is 5.13. The molecule has 1 aromatic heterocycles. The zero-order chi connectivity index (χ0) is 11.3. The van der Waals surface area contributed by atoms with Crippen molar-refractivity contribution in [1.82, 2.24) is 10.3 Å². The first-order valence-corrected chi connectivity index (χ1v) is 4.76. The lowest BCUT2D eigenvalue weighted by molar-refractivity contribution is 0.0174. The SMILES string of the molecule is CNCC(O)C(O)c1cccc(CO)n1. The van der Waals surface area contributed by atoms with Crippen molar-refractivity contribution in [3.8, 4) is 0 Å². The summed E-state index contributed by atoms with van der Waals surface area (Å²) in [5, 5.41) is 30.9. The molecule has 0 bridgehead atoms. The molecular formula is C10H16N2O3. The molecule has 0 spiro atoms. The van der Waals surface area contributed by atoms with Crippen molar-refractivity contribution >= 4 is 0 Å². The molecule has 15 heavy (non-hydrogen) atoms. The van der Waals surface area contributed by atoms with Crippen LogP contribution in [0.1, 0.15) is 17.5 Å². The number of rotatable bonds is 5. The minimum Gasteiger partial charge on any atom is -0.390 e. The third-order valence-corrected chi connectivity index (χ3v) is 2.07. The van der Waals surface area contributed by atoms with Gasteiger partial charge in [-0.2, -0.15) is 0 Å². The van der Waals surface area contributed by atoms with E-state index >= 15 is 0 Å². The first-order valence-electron chi connectivity index (χ1n) is 4.76. The second-order valence-corrected chi connectivity index (χ2v) is 3.28. The third-order valence-electron chi connectivity index (χ3n) is 2.07. The summed E-state index contributed by atoms with van der Waals surface area (Å²) in [7, 11) is 1.69. The fourth-order valence-electron chi connectivity index (χ4n) is 1.27. The Bertz CT molecular complexity index is 306. The van der Waals surface area contributed by atoms with E-state index in [2.05, 4.69) is 10.3 Å². The van der Waals surface area contributed by atoms with Crippen molar-refractivity contribution < 1.29 is 15.3 Å². The number of hydrogen-bond donors (Lipinski definition) is 4. The molecule has 1 aromatic rings. The van der Waals surface area contributed by atoms with E-state index < -0.39 is 12.2 Å². The van der Waals surface area contributed by atoms with E-state index in [-0.39, 0.29) is 13.2 Å². The number of pyridine rings is 1. The molecule has 4 N–H and O–H groups in total. The van der Waals surface area contributed by atoms with Crippen LogP contribution in [0.3, 0.4) is 0 Å². The summed E-state index contributed by atoms with van der Waals surface area (Å²) in [5.74, 6) is 0. The molecule has 84 valence electrons. The minimum atomic E-state index is -1.04. The Morgan fingerprint density at radius 2 is 2.13 bits per heavy atom. The van der Waals surface area contributed by atoms with Crippen LogP contribution in [0.4, 0.5) is 0 Å². The van der Waals surface area contributed by atoms with E-state index in [0.717, 1.165) is 0 Å². The lowest BCUT2D eigenvalue weighted by atomic mass is 10.1. The molecule has 2 unspecified atom stereocenters. The highest BCUT2D eigenvalue weighted by Gasteiger charge is 2.18. The van der Waals surface area contributed by atoms with Gasteiger partial charge in [-0.15, -0.1) is 0 Å². The molecule has 0 aliphatic rings. The molecule has 0 amide bonds. The van der Waals surface area contributed by atoms with Crippen LogP contribution in [-0.2, 0) is 6.61 Å². The predicted molar refractivity (Wildman–Crippen MR) is 55.1 cm³/mol. The van der Waals surface area contributed by atoms with E-state index in [1.807, 2.05) is 0 Å². The molecule has 2 atom stereocenters. The van der Waals surface area contributed by atoms with Gasteiger partial charge in [0.1, 0.15) is 6.10 Å². The Hall–Kier alpha value is -1.01. The summed E-state index contributed by atoms with van der Waals surface area (Å²) in [6.45, 7) is 0.106. The van der Waals surface area contributed by atoms with Crippen molar-refractivity contribution in [1.29, 1.82) is 0 Å². The topological polar surface area (TPSA) is 85.6 Å². The number of aromatic nitrogens is 1. The van der Waals surface area contributed by atoms with Crippen LogP contribution >= 0.6 is 0 Å². The molecular weight excluding hydrogens is 196 g/mol. The molecule has 1 rings (SSSR count). The molecule has 1 heterocycles. The van der Waals surface area contributed by atoms with E-state index in [0.29, 0.717) is 11.4 Å². The average Bonchev–Trinajstić information content (AvgIpc) is 2.28. The van der Waals surface area contributed by atoms with Crippen LogP contribution in [0.25, 0.3) is 0 Å². The van der Waals surface area contributed by atoms with Gasteiger partial charge in [-0.05, 0) is 19.2 Å². The molecule has 0 aliphatic carbocycles. The van der Waals surface area contributed by atoms with Gasteiger partial charge in [-0.1, -0.05) is 6.07 Å². The largest absolute Gasteiger partial charge is 0.390 e. The maximum Gasteiger partial charge on any atom is 0.123 e. The fourth-order valence-corrected chi connectivity index (χ4v) is 1.27. The summed E-state index contributed by atoms with van der Waals surface area (Å²) in [6, 6.07) is 4.95. The van der Waals surface area contributed by atoms with Gasteiger partial charge in [0.2, 0.25) is 0 Å². The van der Waals surface area contributed by atoms with Crippen LogP contribution in [0, 0.1) is 0 Å². The lowest BCUT2D eigenvalue weighted by Gasteiger charge is -2.17. The standard InChI is InChI=1S/C10H16N2O3/c1-11-5-9(14)10(15)8-4-2-3-7(6-13)12-8/h2-4,9-11,13-15H,5-6H2,1H3. The summed E-state index contributed by atoms with van der Waals surface area (Å²) in [5.41, 5.74) is 0.840. The Labute approximate surface area is 88.4 Å². The van der Waals surface area contributed by atoms with E-state index in [1.54, 1.807) is 25.2 Å².